The van der Waals surface area contributed by atoms with E-state index in [1.54, 1.807) is 24.4 Å². The van der Waals surface area contributed by atoms with Gasteiger partial charge in [-0.2, -0.15) is 18.3 Å². The van der Waals surface area contributed by atoms with E-state index in [0.717, 1.165) is 23.0 Å². The third kappa shape index (κ3) is 4.41. The van der Waals surface area contributed by atoms with Crippen molar-refractivity contribution in [2.45, 2.75) is 11.8 Å². The number of alkyl halides is 3. The SMILES string of the molecule is NC1=NC(N)(c2ccc(Oc3ccc4[nH]ncc4c3)c(F)c2)C=C(c2ccc(C(F)(F)F)cc2)N1. The quantitative estimate of drug-likeness (QED) is 0.318. The fourth-order valence-corrected chi connectivity index (χ4v) is 3.74. The van der Waals surface area contributed by atoms with Crippen molar-refractivity contribution in [1.29, 1.82) is 0 Å². The number of nitrogens with zero attached hydrogens (tertiary/aromatic N) is 2. The van der Waals surface area contributed by atoms with Gasteiger partial charge in [0.25, 0.3) is 0 Å². The smallest absolute Gasteiger partial charge is 0.416 e. The number of aromatic nitrogens is 2. The van der Waals surface area contributed by atoms with Crippen molar-refractivity contribution in [2.24, 2.45) is 16.5 Å². The molecule has 35 heavy (non-hydrogen) atoms. The summed E-state index contributed by atoms with van der Waals surface area (Å²) in [4.78, 5) is 4.19. The normalized spacial score (nSPS) is 18.1. The Kier molecular flexibility index (Phi) is 5.21. The Morgan fingerprint density at radius 1 is 0.971 bits per heavy atom. The van der Waals surface area contributed by atoms with E-state index in [4.69, 9.17) is 16.2 Å². The van der Waals surface area contributed by atoms with Gasteiger partial charge >= 0.3 is 6.18 Å². The molecule has 0 bridgehead atoms. The van der Waals surface area contributed by atoms with E-state index in [2.05, 4.69) is 20.5 Å². The molecule has 0 spiro atoms. The summed E-state index contributed by atoms with van der Waals surface area (Å²) in [6.45, 7) is 0. The first-order chi connectivity index (χ1) is 16.6. The number of guanidine groups is 1. The van der Waals surface area contributed by atoms with Crippen molar-refractivity contribution >= 4 is 22.6 Å². The van der Waals surface area contributed by atoms with Crippen LogP contribution in [0.2, 0.25) is 0 Å². The number of hydrogen-bond donors (Lipinski definition) is 4. The van der Waals surface area contributed by atoms with Gasteiger partial charge in [0.15, 0.2) is 23.2 Å². The van der Waals surface area contributed by atoms with Crippen molar-refractivity contribution in [3.8, 4) is 11.5 Å². The Labute approximate surface area is 196 Å². The third-order valence-electron chi connectivity index (χ3n) is 5.49. The number of H-pyrrole nitrogens is 1. The van der Waals surface area contributed by atoms with E-state index in [9.17, 15) is 17.6 Å². The Hall–Kier alpha value is -4.38. The minimum atomic E-state index is -4.46. The van der Waals surface area contributed by atoms with Crippen LogP contribution in [0.4, 0.5) is 17.6 Å². The summed E-state index contributed by atoms with van der Waals surface area (Å²) in [5.41, 5.74) is 11.8. The maximum atomic E-state index is 15.0. The predicted octanol–water partition coefficient (Wildman–Crippen LogP) is 4.58. The van der Waals surface area contributed by atoms with Gasteiger partial charge in [0.2, 0.25) is 0 Å². The lowest BCUT2D eigenvalue weighted by Gasteiger charge is -2.29. The molecule has 6 N–H and O–H groups in total. The number of ether oxygens (including phenoxy) is 1. The summed E-state index contributed by atoms with van der Waals surface area (Å²) in [5, 5.41) is 10.4. The van der Waals surface area contributed by atoms with E-state index in [1.807, 2.05) is 0 Å². The van der Waals surface area contributed by atoms with Crippen molar-refractivity contribution < 1.29 is 22.3 Å². The zero-order valence-corrected chi connectivity index (χ0v) is 17.9. The van der Waals surface area contributed by atoms with Crippen LogP contribution in [-0.4, -0.2) is 16.2 Å². The molecule has 2 heterocycles. The summed E-state index contributed by atoms with van der Waals surface area (Å²) in [6, 6.07) is 13.8. The first-order valence-corrected chi connectivity index (χ1v) is 10.3. The number of nitrogens with one attached hydrogen (secondary N) is 2. The van der Waals surface area contributed by atoms with E-state index < -0.39 is 23.2 Å². The van der Waals surface area contributed by atoms with E-state index in [-0.39, 0.29) is 17.3 Å². The lowest BCUT2D eigenvalue weighted by molar-refractivity contribution is -0.137. The number of hydrogen-bond acceptors (Lipinski definition) is 6. The van der Waals surface area contributed by atoms with Crippen LogP contribution < -0.4 is 21.5 Å². The second-order valence-corrected chi connectivity index (χ2v) is 7.95. The molecule has 7 nitrogen and oxygen atoms in total. The largest absolute Gasteiger partial charge is 0.454 e. The molecule has 1 unspecified atom stereocenters. The third-order valence-corrected chi connectivity index (χ3v) is 5.49. The van der Waals surface area contributed by atoms with Crippen LogP contribution in [0.5, 0.6) is 11.5 Å². The monoisotopic (exact) mass is 482 g/mol. The van der Waals surface area contributed by atoms with Gasteiger partial charge in [0, 0.05) is 16.6 Å². The van der Waals surface area contributed by atoms with Gasteiger partial charge in [-0.3, -0.25) is 10.8 Å². The molecule has 0 saturated heterocycles. The molecular formula is C24H18F4N6O. The number of aliphatic imine (C=N–C) groups is 1. The van der Waals surface area contributed by atoms with Crippen molar-refractivity contribution in [1.82, 2.24) is 15.5 Å². The van der Waals surface area contributed by atoms with E-state index >= 15 is 0 Å². The lowest BCUT2D eigenvalue weighted by atomic mass is 9.96. The molecule has 178 valence electrons. The average molecular weight is 482 g/mol. The van der Waals surface area contributed by atoms with E-state index in [1.165, 1.54) is 36.4 Å². The molecule has 3 aromatic carbocycles. The van der Waals surface area contributed by atoms with Crippen molar-refractivity contribution in [3.05, 3.63) is 95.4 Å². The predicted molar refractivity (Wildman–Crippen MR) is 123 cm³/mol. The van der Waals surface area contributed by atoms with Crippen LogP contribution in [0.1, 0.15) is 16.7 Å². The first-order valence-electron chi connectivity index (χ1n) is 10.3. The van der Waals surface area contributed by atoms with Gasteiger partial charge < -0.3 is 15.8 Å². The molecule has 5 rings (SSSR count). The highest BCUT2D eigenvalue weighted by Gasteiger charge is 2.32. The van der Waals surface area contributed by atoms with Gasteiger partial charge in [-0.15, -0.1) is 0 Å². The molecule has 0 saturated carbocycles. The summed E-state index contributed by atoms with van der Waals surface area (Å²) >= 11 is 0. The lowest BCUT2D eigenvalue weighted by Crippen LogP contribution is -2.44. The van der Waals surface area contributed by atoms with Gasteiger partial charge in [-0.05, 0) is 54.1 Å². The number of nitrogens with two attached hydrogens (primary N) is 2. The fourth-order valence-electron chi connectivity index (χ4n) is 3.74. The molecule has 1 aromatic heterocycles. The summed E-state index contributed by atoms with van der Waals surface area (Å²) in [6.07, 6.45) is -1.37. The number of fused-ring (bicyclic) bond motifs is 1. The molecule has 0 aliphatic carbocycles. The molecule has 1 aliphatic heterocycles. The van der Waals surface area contributed by atoms with Crippen LogP contribution in [-0.2, 0) is 11.8 Å². The van der Waals surface area contributed by atoms with Crippen molar-refractivity contribution in [3.63, 3.8) is 0 Å². The Bertz CT molecular complexity index is 1480. The highest BCUT2D eigenvalue weighted by molar-refractivity contribution is 5.91. The van der Waals surface area contributed by atoms with Gasteiger partial charge in [0.05, 0.1) is 17.3 Å². The Morgan fingerprint density at radius 3 is 2.46 bits per heavy atom. The topological polar surface area (TPSA) is 114 Å². The maximum absolute atomic E-state index is 15.0. The molecule has 1 aliphatic rings. The number of benzene rings is 3. The molecule has 4 aromatic rings. The molecule has 11 heteroatoms. The highest BCUT2D eigenvalue weighted by atomic mass is 19.4. The summed E-state index contributed by atoms with van der Waals surface area (Å²) < 4.78 is 59.3. The van der Waals surface area contributed by atoms with Crippen LogP contribution in [0, 0.1) is 5.82 Å². The average Bonchev–Trinajstić information content (AvgIpc) is 3.27. The number of rotatable bonds is 4. The molecule has 1 atom stereocenters. The second kappa shape index (κ2) is 8.13. The zero-order chi connectivity index (χ0) is 24.8. The Balaban J connectivity index is 1.44. The minimum Gasteiger partial charge on any atom is -0.454 e. The standard InChI is InChI=1S/C24H18F4N6O/c25-18-10-16(5-8-21(18)35-17-6-7-19-14(9-17)12-31-34-19)23(30)11-20(32-22(29)33-23)13-1-3-15(4-2-13)24(26,27)28/h1-12H,30H2,(H,31,34)(H3,29,32,33). The van der Waals surface area contributed by atoms with E-state index in [0.29, 0.717) is 17.0 Å². The van der Waals surface area contributed by atoms with Crippen LogP contribution in [0.3, 0.4) is 0 Å². The van der Waals surface area contributed by atoms with Gasteiger partial charge in [0.1, 0.15) is 5.75 Å². The summed E-state index contributed by atoms with van der Waals surface area (Å²) in [7, 11) is 0. The minimum absolute atomic E-state index is 0.0296. The van der Waals surface area contributed by atoms with Crippen LogP contribution >= 0.6 is 0 Å². The van der Waals surface area contributed by atoms with Crippen molar-refractivity contribution in [2.75, 3.05) is 0 Å². The maximum Gasteiger partial charge on any atom is 0.416 e. The second-order valence-electron chi connectivity index (χ2n) is 7.95. The highest BCUT2D eigenvalue weighted by Crippen LogP contribution is 2.34. The fraction of sp³-hybridized carbons (Fsp3) is 0.0833. The first kappa shape index (κ1) is 22.4. The summed E-state index contributed by atoms with van der Waals surface area (Å²) in [5.74, 6) is -0.366. The number of aromatic amines is 1. The molecule has 0 amide bonds. The van der Waals surface area contributed by atoms with Crippen LogP contribution in [0.15, 0.2) is 77.9 Å². The van der Waals surface area contributed by atoms with Crippen LogP contribution in [0.25, 0.3) is 16.6 Å². The number of halogens is 4. The molecule has 0 radical (unpaired) electrons. The zero-order valence-electron chi connectivity index (χ0n) is 17.9. The Morgan fingerprint density at radius 2 is 1.74 bits per heavy atom. The van der Waals surface area contributed by atoms with Gasteiger partial charge in [-0.25, -0.2) is 9.38 Å². The molecule has 0 fully saturated rings. The molecular weight excluding hydrogens is 464 g/mol. The van der Waals surface area contributed by atoms with Gasteiger partial charge in [-0.1, -0.05) is 18.2 Å².